The van der Waals surface area contributed by atoms with Gasteiger partial charge in [-0.2, -0.15) is 5.10 Å². The second kappa shape index (κ2) is 3.50. The van der Waals surface area contributed by atoms with E-state index in [0.29, 0.717) is 11.3 Å². The van der Waals surface area contributed by atoms with Crippen molar-refractivity contribution in [2.75, 3.05) is 6.54 Å². The minimum atomic E-state index is 0.308. The van der Waals surface area contributed by atoms with E-state index in [1.807, 2.05) is 18.0 Å². The number of aliphatic imine (C=N–C) groups is 1. The molecule has 4 heteroatoms. The number of halogens is 1. The highest BCUT2D eigenvalue weighted by atomic mass is 35.5. The minimum absolute atomic E-state index is 0.308. The van der Waals surface area contributed by atoms with E-state index in [1.165, 1.54) is 0 Å². The summed E-state index contributed by atoms with van der Waals surface area (Å²) >= 11 is 5.99. The first kappa shape index (κ1) is 8.75. The second-order valence-electron chi connectivity index (χ2n) is 3.31. The zero-order valence-corrected chi connectivity index (χ0v) is 8.33. The standard InChI is InChI=1S/C9H12ClN3/c1-7-4-5-8-3-2-6-11-9(10)13(8)12-7/h4-5,8H,2-3,6H2,1H3. The Kier molecular flexibility index (Phi) is 2.36. The molecule has 2 heterocycles. The number of fused-ring (bicyclic) bond motifs is 1. The SMILES string of the molecule is CC1=NN2C(Cl)=NCCCC2C=C1. The van der Waals surface area contributed by atoms with Gasteiger partial charge in [0.25, 0.3) is 0 Å². The third-order valence-electron chi connectivity index (χ3n) is 2.23. The molecule has 2 aliphatic heterocycles. The quantitative estimate of drug-likeness (QED) is 0.546. The summed E-state index contributed by atoms with van der Waals surface area (Å²) in [5, 5.41) is 6.67. The molecule has 0 aliphatic carbocycles. The van der Waals surface area contributed by atoms with Gasteiger partial charge in [0.2, 0.25) is 5.29 Å². The van der Waals surface area contributed by atoms with Gasteiger partial charge in [-0.05, 0) is 37.4 Å². The molecule has 2 rings (SSSR count). The number of hydrazone groups is 1. The Labute approximate surface area is 82.8 Å². The van der Waals surface area contributed by atoms with E-state index in [4.69, 9.17) is 11.6 Å². The van der Waals surface area contributed by atoms with Gasteiger partial charge in [-0.3, -0.25) is 4.99 Å². The summed E-state index contributed by atoms with van der Waals surface area (Å²) in [5.74, 6) is 0. The summed E-state index contributed by atoms with van der Waals surface area (Å²) in [5.41, 5.74) is 0.978. The van der Waals surface area contributed by atoms with E-state index in [-0.39, 0.29) is 0 Å². The van der Waals surface area contributed by atoms with Crippen LogP contribution in [-0.4, -0.2) is 28.6 Å². The Morgan fingerprint density at radius 2 is 2.46 bits per heavy atom. The predicted octanol–water partition coefficient (Wildman–Crippen LogP) is 1.99. The van der Waals surface area contributed by atoms with Crippen LogP contribution in [0, 0.1) is 0 Å². The van der Waals surface area contributed by atoms with Crippen LogP contribution in [0.1, 0.15) is 19.8 Å². The summed E-state index contributed by atoms with van der Waals surface area (Å²) in [6, 6.07) is 0.308. The van der Waals surface area contributed by atoms with E-state index in [9.17, 15) is 0 Å². The highest BCUT2D eigenvalue weighted by molar-refractivity contribution is 6.64. The van der Waals surface area contributed by atoms with Crippen LogP contribution in [0.3, 0.4) is 0 Å². The van der Waals surface area contributed by atoms with Crippen LogP contribution in [0.4, 0.5) is 0 Å². The summed E-state index contributed by atoms with van der Waals surface area (Å²) in [6.45, 7) is 2.77. The van der Waals surface area contributed by atoms with Crippen molar-refractivity contribution in [2.24, 2.45) is 10.1 Å². The monoisotopic (exact) mass is 197 g/mol. The van der Waals surface area contributed by atoms with E-state index in [0.717, 1.165) is 25.1 Å². The fourth-order valence-corrected chi connectivity index (χ4v) is 1.80. The molecule has 3 nitrogen and oxygen atoms in total. The topological polar surface area (TPSA) is 28.0 Å². The van der Waals surface area contributed by atoms with Gasteiger partial charge < -0.3 is 0 Å². The molecule has 0 spiro atoms. The summed E-state index contributed by atoms with van der Waals surface area (Å²) in [7, 11) is 0. The Morgan fingerprint density at radius 3 is 3.31 bits per heavy atom. The lowest BCUT2D eigenvalue weighted by Gasteiger charge is -2.26. The molecular formula is C9H12ClN3. The van der Waals surface area contributed by atoms with Crippen molar-refractivity contribution in [3.05, 3.63) is 12.2 Å². The minimum Gasteiger partial charge on any atom is -0.256 e. The van der Waals surface area contributed by atoms with Crippen molar-refractivity contribution < 1.29 is 0 Å². The van der Waals surface area contributed by atoms with Gasteiger partial charge >= 0.3 is 0 Å². The van der Waals surface area contributed by atoms with Gasteiger partial charge in [-0.25, -0.2) is 5.01 Å². The Morgan fingerprint density at radius 1 is 1.62 bits per heavy atom. The van der Waals surface area contributed by atoms with E-state index < -0.39 is 0 Å². The lowest BCUT2D eigenvalue weighted by atomic mass is 10.1. The number of hydrogen-bond donors (Lipinski definition) is 0. The van der Waals surface area contributed by atoms with Crippen molar-refractivity contribution in [1.29, 1.82) is 0 Å². The van der Waals surface area contributed by atoms with Gasteiger partial charge in [0, 0.05) is 6.54 Å². The molecule has 0 aromatic carbocycles. The van der Waals surface area contributed by atoms with Crippen LogP contribution in [0.5, 0.6) is 0 Å². The predicted molar refractivity (Wildman–Crippen MR) is 55.3 cm³/mol. The largest absolute Gasteiger partial charge is 0.256 e. The molecule has 70 valence electrons. The molecule has 0 fully saturated rings. The van der Waals surface area contributed by atoms with E-state index in [2.05, 4.69) is 16.2 Å². The molecule has 1 atom stereocenters. The van der Waals surface area contributed by atoms with Gasteiger partial charge in [-0.1, -0.05) is 6.08 Å². The maximum Gasteiger partial charge on any atom is 0.215 e. The van der Waals surface area contributed by atoms with Crippen LogP contribution in [0.15, 0.2) is 22.2 Å². The van der Waals surface area contributed by atoms with Crippen molar-refractivity contribution in [3.63, 3.8) is 0 Å². The molecule has 2 aliphatic rings. The molecule has 0 N–H and O–H groups in total. The first-order valence-electron chi connectivity index (χ1n) is 4.50. The number of hydrogen-bond acceptors (Lipinski definition) is 3. The molecular weight excluding hydrogens is 186 g/mol. The molecule has 0 saturated heterocycles. The van der Waals surface area contributed by atoms with Gasteiger partial charge in [-0.15, -0.1) is 0 Å². The summed E-state index contributed by atoms with van der Waals surface area (Å²) in [6.07, 6.45) is 6.34. The molecule has 1 unspecified atom stereocenters. The third kappa shape index (κ3) is 1.75. The lowest BCUT2D eigenvalue weighted by molar-refractivity contribution is 0.366. The van der Waals surface area contributed by atoms with Gasteiger partial charge in [0.15, 0.2) is 0 Å². The highest BCUT2D eigenvalue weighted by Gasteiger charge is 2.22. The average Bonchev–Trinajstić information content (AvgIpc) is 2.29. The zero-order chi connectivity index (χ0) is 9.26. The van der Waals surface area contributed by atoms with E-state index in [1.54, 1.807) is 0 Å². The van der Waals surface area contributed by atoms with Gasteiger partial charge in [0.1, 0.15) is 0 Å². The molecule has 0 aromatic heterocycles. The van der Waals surface area contributed by atoms with Crippen LogP contribution in [0.25, 0.3) is 0 Å². The van der Waals surface area contributed by atoms with E-state index >= 15 is 0 Å². The molecule has 0 aromatic rings. The second-order valence-corrected chi connectivity index (χ2v) is 3.64. The normalized spacial score (nSPS) is 27.5. The van der Waals surface area contributed by atoms with Crippen LogP contribution in [0.2, 0.25) is 0 Å². The highest BCUT2D eigenvalue weighted by Crippen LogP contribution is 2.19. The van der Waals surface area contributed by atoms with Crippen molar-refractivity contribution in [3.8, 4) is 0 Å². The lowest BCUT2D eigenvalue weighted by Crippen LogP contribution is -2.34. The maximum atomic E-state index is 5.99. The molecule has 0 amide bonds. The number of nitrogens with zero attached hydrogens (tertiary/aromatic N) is 3. The third-order valence-corrected chi connectivity index (χ3v) is 2.52. The first-order chi connectivity index (χ1) is 6.27. The Balaban J connectivity index is 2.28. The molecule has 0 saturated carbocycles. The summed E-state index contributed by atoms with van der Waals surface area (Å²) in [4.78, 5) is 4.21. The van der Waals surface area contributed by atoms with Gasteiger partial charge in [0.05, 0.1) is 11.8 Å². The smallest absolute Gasteiger partial charge is 0.215 e. The number of rotatable bonds is 0. The van der Waals surface area contributed by atoms with Crippen molar-refractivity contribution in [1.82, 2.24) is 5.01 Å². The van der Waals surface area contributed by atoms with Crippen molar-refractivity contribution >= 4 is 22.6 Å². The summed E-state index contributed by atoms with van der Waals surface area (Å²) < 4.78 is 0. The first-order valence-corrected chi connectivity index (χ1v) is 4.88. The average molecular weight is 198 g/mol. The molecule has 0 bridgehead atoms. The fraction of sp³-hybridized carbons (Fsp3) is 0.556. The number of amidine groups is 1. The molecule has 0 radical (unpaired) electrons. The Bertz CT molecular complexity index is 293. The van der Waals surface area contributed by atoms with Crippen molar-refractivity contribution in [2.45, 2.75) is 25.8 Å². The maximum absolute atomic E-state index is 5.99. The molecule has 13 heavy (non-hydrogen) atoms. The Hall–Kier alpha value is -0.830. The van der Waals surface area contributed by atoms with Crippen LogP contribution < -0.4 is 0 Å². The fourth-order valence-electron chi connectivity index (χ4n) is 1.55. The van der Waals surface area contributed by atoms with Crippen LogP contribution >= 0.6 is 11.6 Å². The zero-order valence-electron chi connectivity index (χ0n) is 7.57. The number of allylic oxidation sites excluding steroid dienone is 1. The van der Waals surface area contributed by atoms with Crippen LogP contribution in [-0.2, 0) is 0 Å².